The van der Waals surface area contributed by atoms with Gasteiger partial charge in [-0.15, -0.1) is 0 Å². The first-order valence-corrected chi connectivity index (χ1v) is 7.16. The van der Waals surface area contributed by atoms with E-state index in [0.717, 1.165) is 5.69 Å². The first kappa shape index (κ1) is 12.5. The van der Waals surface area contributed by atoms with Crippen LogP contribution in [0.2, 0.25) is 5.22 Å². The second-order valence-corrected chi connectivity index (χ2v) is 5.29. The fourth-order valence-electron chi connectivity index (χ4n) is 2.02. The van der Waals surface area contributed by atoms with Gasteiger partial charge in [-0.25, -0.2) is 9.97 Å². The van der Waals surface area contributed by atoms with E-state index >= 15 is 0 Å². The first-order valence-electron chi connectivity index (χ1n) is 5.56. The first-order chi connectivity index (χ1) is 9.10. The van der Waals surface area contributed by atoms with E-state index in [-0.39, 0.29) is 11.1 Å². The summed E-state index contributed by atoms with van der Waals surface area (Å²) in [5, 5.41) is 0.885. The largest absolute Gasteiger partial charge is 0.443 e. The molecule has 1 aliphatic heterocycles. The maximum absolute atomic E-state index is 12.2. The zero-order valence-corrected chi connectivity index (χ0v) is 11.9. The predicted octanol–water partition coefficient (Wildman–Crippen LogP) is 2.70. The summed E-state index contributed by atoms with van der Waals surface area (Å²) in [5.74, 6) is 0.396. The summed E-state index contributed by atoms with van der Waals surface area (Å²) in [6, 6.07) is 3.34. The highest BCUT2D eigenvalue weighted by Crippen LogP contribution is 2.33. The molecule has 3 heterocycles. The zero-order valence-electron chi connectivity index (χ0n) is 10.3. The maximum atomic E-state index is 12.2. The van der Waals surface area contributed by atoms with E-state index in [1.807, 2.05) is 6.26 Å². The van der Waals surface area contributed by atoms with E-state index in [9.17, 15) is 4.79 Å². The van der Waals surface area contributed by atoms with Crippen molar-refractivity contribution in [1.82, 2.24) is 14.9 Å². The molecule has 98 valence electrons. The van der Waals surface area contributed by atoms with E-state index in [4.69, 9.17) is 16.0 Å². The molecule has 7 heteroatoms. The number of carbonyl (C=O) groups excluding carboxylic acids is 1. The third kappa shape index (κ3) is 2.01. The topological polar surface area (TPSA) is 59.2 Å². The Morgan fingerprint density at radius 3 is 2.84 bits per heavy atom. The van der Waals surface area contributed by atoms with Crippen molar-refractivity contribution >= 4 is 29.3 Å². The van der Waals surface area contributed by atoms with Crippen molar-refractivity contribution in [1.29, 1.82) is 0 Å². The van der Waals surface area contributed by atoms with Crippen LogP contribution in [0.15, 0.2) is 21.7 Å². The van der Waals surface area contributed by atoms with Crippen LogP contribution in [0.4, 0.5) is 0 Å². The van der Waals surface area contributed by atoms with Crippen molar-refractivity contribution < 1.29 is 9.21 Å². The molecule has 3 rings (SSSR count). The van der Waals surface area contributed by atoms with Crippen LogP contribution < -0.4 is 0 Å². The van der Waals surface area contributed by atoms with Gasteiger partial charge in [0, 0.05) is 7.05 Å². The van der Waals surface area contributed by atoms with Crippen LogP contribution in [0, 0.1) is 0 Å². The second kappa shape index (κ2) is 4.54. The van der Waals surface area contributed by atoms with Crippen molar-refractivity contribution in [2.75, 3.05) is 13.3 Å². The van der Waals surface area contributed by atoms with E-state index in [1.165, 1.54) is 11.8 Å². The Morgan fingerprint density at radius 1 is 1.42 bits per heavy atom. The van der Waals surface area contributed by atoms with Crippen molar-refractivity contribution in [3.63, 3.8) is 0 Å². The maximum Gasteiger partial charge on any atom is 0.258 e. The lowest BCUT2D eigenvalue weighted by Crippen LogP contribution is -2.18. The zero-order chi connectivity index (χ0) is 13.6. The number of rotatable bonds is 2. The van der Waals surface area contributed by atoms with Crippen LogP contribution in [-0.4, -0.2) is 34.1 Å². The number of hydrogen-bond donors (Lipinski definition) is 0. The number of aromatic nitrogens is 2. The summed E-state index contributed by atoms with van der Waals surface area (Å²) in [6.07, 6.45) is 1.89. The smallest absolute Gasteiger partial charge is 0.258 e. The van der Waals surface area contributed by atoms with Crippen molar-refractivity contribution in [3.05, 3.63) is 28.6 Å². The van der Waals surface area contributed by atoms with Crippen LogP contribution in [0.5, 0.6) is 0 Å². The van der Waals surface area contributed by atoms with Gasteiger partial charge in [0.15, 0.2) is 16.1 Å². The summed E-state index contributed by atoms with van der Waals surface area (Å²) >= 11 is 7.22. The van der Waals surface area contributed by atoms with Crippen LogP contribution in [0.25, 0.3) is 11.5 Å². The normalized spacial score (nSPS) is 14.1. The van der Waals surface area contributed by atoms with E-state index in [1.54, 1.807) is 24.1 Å². The highest BCUT2D eigenvalue weighted by atomic mass is 35.5. The summed E-state index contributed by atoms with van der Waals surface area (Å²) in [6.45, 7) is 0.492. The summed E-state index contributed by atoms with van der Waals surface area (Å²) in [5.41, 5.74) is 1.75. The molecule has 0 aromatic carbocycles. The Balaban J connectivity index is 2.24. The molecule has 0 bridgehead atoms. The van der Waals surface area contributed by atoms with Crippen LogP contribution in [-0.2, 0) is 6.54 Å². The van der Waals surface area contributed by atoms with E-state index in [0.29, 0.717) is 28.7 Å². The molecular weight excluding hydrogens is 286 g/mol. The molecule has 0 unspecified atom stereocenters. The van der Waals surface area contributed by atoms with Crippen LogP contribution >= 0.6 is 23.4 Å². The quantitative estimate of drug-likeness (QED) is 0.630. The van der Waals surface area contributed by atoms with Gasteiger partial charge in [0.25, 0.3) is 5.91 Å². The molecule has 0 spiro atoms. The summed E-state index contributed by atoms with van der Waals surface area (Å²) in [7, 11) is 1.74. The molecule has 0 fully saturated rings. The van der Waals surface area contributed by atoms with Gasteiger partial charge in [0.05, 0.1) is 17.8 Å². The van der Waals surface area contributed by atoms with Gasteiger partial charge >= 0.3 is 0 Å². The van der Waals surface area contributed by atoms with E-state index in [2.05, 4.69) is 9.97 Å². The van der Waals surface area contributed by atoms with Crippen molar-refractivity contribution in [3.8, 4) is 11.5 Å². The molecule has 0 saturated carbocycles. The fraction of sp³-hybridized carbons (Fsp3) is 0.250. The lowest BCUT2D eigenvalue weighted by Gasteiger charge is -2.05. The average molecular weight is 296 g/mol. The molecule has 2 aromatic rings. The van der Waals surface area contributed by atoms with Gasteiger partial charge in [-0.3, -0.25) is 4.79 Å². The molecule has 1 aliphatic rings. The van der Waals surface area contributed by atoms with Crippen LogP contribution in [0.3, 0.4) is 0 Å². The van der Waals surface area contributed by atoms with Gasteiger partial charge in [0.1, 0.15) is 5.69 Å². The number of amides is 1. The molecule has 0 radical (unpaired) electrons. The minimum atomic E-state index is -0.0924. The summed E-state index contributed by atoms with van der Waals surface area (Å²) in [4.78, 5) is 22.5. The van der Waals surface area contributed by atoms with Gasteiger partial charge in [-0.2, -0.15) is 0 Å². The third-order valence-electron chi connectivity index (χ3n) is 2.90. The minimum absolute atomic E-state index is 0.0924. The fourth-order valence-corrected chi connectivity index (χ4v) is 2.55. The molecule has 0 aliphatic carbocycles. The Kier molecular flexibility index (Phi) is 2.99. The number of nitrogens with zero attached hydrogens (tertiary/aromatic N) is 3. The SMILES string of the molecule is CSc1nc2c(c(-c3ccc(Cl)o3)n1)C(=O)N(C)C2. The Hall–Kier alpha value is -1.53. The van der Waals surface area contributed by atoms with Crippen molar-refractivity contribution in [2.24, 2.45) is 0 Å². The lowest BCUT2D eigenvalue weighted by atomic mass is 10.1. The molecule has 2 aromatic heterocycles. The molecule has 0 saturated heterocycles. The number of halogens is 1. The molecule has 1 amide bonds. The van der Waals surface area contributed by atoms with E-state index < -0.39 is 0 Å². The standard InChI is InChI=1S/C12H10ClN3O2S/c1-16-5-6-9(11(16)17)10(15-12(14-6)19-2)7-3-4-8(13)18-7/h3-4H,5H2,1-2H3. The highest BCUT2D eigenvalue weighted by molar-refractivity contribution is 7.98. The summed E-state index contributed by atoms with van der Waals surface area (Å²) < 4.78 is 5.37. The Morgan fingerprint density at radius 2 is 2.21 bits per heavy atom. The van der Waals surface area contributed by atoms with Crippen molar-refractivity contribution in [2.45, 2.75) is 11.7 Å². The number of fused-ring (bicyclic) bond motifs is 1. The molecule has 5 nitrogen and oxygen atoms in total. The van der Waals surface area contributed by atoms with Gasteiger partial charge in [-0.1, -0.05) is 11.8 Å². The highest BCUT2D eigenvalue weighted by Gasteiger charge is 2.32. The minimum Gasteiger partial charge on any atom is -0.443 e. The Bertz CT molecular complexity index is 671. The molecule has 19 heavy (non-hydrogen) atoms. The third-order valence-corrected chi connectivity index (χ3v) is 3.65. The van der Waals surface area contributed by atoms with Gasteiger partial charge < -0.3 is 9.32 Å². The predicted molar refractivity (Wildman–Crippen MR) is 72.3 cm³/mol. The molecular formula is C12H10ClN3O2S. The monoisotopic (exact) mass is 295 g/mol. The number of thioether (sulfide) groups is 1. The number of carbonyl (C=O) groups is 1. The van der Waals surface area contributed by atoms with Gasteiger partial charge in [-0.05, 0) is 30.0 Å². The Labute approximate surface area is 119 Å². The molecule has 0 atom stereocenters. The van der Waals surface area contributed by atoms with Crippen LogP contribution in [0.1, 0.15) is 16.1 Å². The average Bonchev–Trinajstić information content (AvgIpc) is 2.94. The lowest BCUT2D eigenvalue weighted by molar-refractivity contribution is 0.0816. The van der Waals surface area contributed by atoms with Gasteiger partial charge in [0.2, 0.25) is 0 Å². The molecule has 0 N–H and O–H groups in total. The second-order valence-electron chi connectivity index (χ2n) is 4.15. The number of hydrogen-bond acceptors (Lipinski definition) is 5. The number of furan rings is 1.